The number of amides is 3. The number of hydrogen-bond donors (Lipinski definition) is 2. The van der Waals surface area contributed by atoms with E-state index in [-0.39, 0.29) is 54.7 Å². The maximum Gasteiger partial charge on any atom is 0.410 e. The number of benzene rings is 2. The molecule has 6 fully saturated rings. The molecule has 0 unspecified atom stereocenters. The Kier molecular flexibility index (Phi) is 16.7. The van der Waals surface area contributed by atoms with Crippen molar-refractivity contribution >= 4 is 40.5 Å². The summed E-state index contributed by atoms with van der Waals surface area (Å²) in [5.74, 6) is -1.06. The number of esters is 1. The number of aromatic nitrogens is 2. The number of alkyl halides is 3. The van der Waals surface area contributed by atoms with Gasteiger partial charge in [0.15, 0.2) is 0 Å². The van der Waals surface area contributed by atoms with Crippen molar-refractivity contribution in [1.29, 1.82) is 0 Å². The molecule has 17 nitrogen and oxygen atoms in total. The van der Waals surface area contributed by atoms with Crippen LogP contribution in [0.5, 0.6) is 0 Å². The van der Waals surface area contributed by atoms with Crippen molar-refractivity contribution < 1.29 is 51.3 Å². The molecule has 1 aliphatic carbocycles. The van der Waals surface area contributed by atoms with Crippen LogP contribution in [0.1, 0.15) is 116 Å². The lowest BCUT2D eigenvalue weighted by Crippen LogP contribution is -2.62. The van der Waals surface area contributed by atoms with E-state index in [9.17, 15) is 9.59 Å². The van der Waals surface area contributed by atoms with Crippen LogP contribution >= 0.6 is 0 Å². The minimum atomic E-state index is -4.61. The monoisotopic (exact) mass is 1150 g/mol. The second-order valence-electron chi connectivity index (χ2n) is 26.6. The van der Waals surface area contributed by atoms with Gasteiger partial charge < -0.3 is 38.6 Å². The number of ether oxygens (including phenoxy) is 4. The standard InChI is InChI=1S/C63H84F3N9O8/c1-40(80-7)53-48(31-45(33-67-53)71-25-24-70-26-27-81-35-46(70)34-71)55-49-32-61(5,6)39-82-58(78)50-16-11-21-75(69-50)57(77)51(29-41-12-10-15-43(28-41)44-17-18-52(47(49)30-44)74(55)38-63(64,65)66)68-56(76)54(42-13-8-9-14-42)72-22-19-62(36-72)20-23-73(37-62)59(79)83-60(2,3)4/h10,12,15,17-18,28,30-31,33,40,42,46,50-51,54,69H,8-9,11,13-14,16,19-27,29,32,34-39H2,1-7H3,(H,68,76)/t40-,46-,50-,51-,54-,62-/m0/s1. The van der Waals surface area contributed by atoms with Crippen molar-refractivity contribution in [3.63, 3.8) is 0 Å². The van der Waals surface area contributed by atoms with Gasteiger partial charge in [-0.05, 0) is 126 Å². The minimum absolute atomic E-state index is 0.0729. The maximum atomic E-state index is 15.3. The largest absolute Gasteiger partial charge is 0.464 e. The number of morpholine rings is 1. The second kappa shape index (κ2) is 23.6. The number of anilines is 1. The van der Waals surface area contributed by atoms with E-state index >= 15 is 22.8 Å². The number of hydrogen-bond acceptors (Lipinski definition) is 13. The molecule has 20 heteroatoms. The summed E-state index contributed by atoms with van der Waals surface area (Å²) in [6, 6.07) is 13.1. The Balaban J connectivity index is 0.973. The van der Waals surface area contributed by atoms with Gasteiger partial charge in [0.2, 0.25) is 5.91 Å². The first kappa shape index (κ1) is 59.0. The third-order valence-electron chi connectivity index (χ3n) is 18.6. The molecule has 2 N–H and O–H groups in total. The zero-order chi connectivity index (χ0) is 58.6. The number of rotatable bonds is 9. The number of halogens is 3. The van der Waals surface area contributed by atoms with Gasteiger partial charge in [0.25, 0.3) is 5.91 Å². The first-order valence-corrected chi connectivity index (χ1v) is 30.2. The fraction of sp³-hybridized carbons (Fsp3) is 0.635. The molecule has 83 heavy (non-hydrogen) atoms. The van der Waals surface area contributed by atoms with E-state index < -0.39 is 53.9 Å². The number of methoxy groups -OCH3 is 1. The van der Waals surface area contributed by atoms with Crippen LogP contribution in [0.15, 0.2) is 54.7 Å². The van der Waals surface area contributed by atoms with Gasteiger partial charge >= 0.3 is 18.2 Å². The SMILES string of the molecule is CO[C@@H](C)c1ncc(N2CCN3CCOC[C@@H]3C2)cc1-c1c2c3cc(ccc3n1CC(F)(F)F)-c1cccc(c1)C[C@H](NC(=O)[C@H](C1CCCC1)N1CC[C@]3(CCN(C(=O)OC(C)(C)C)C3)C1)C(=O)N1CCC[C@H](N1)C(=O)OCC(C)(C)C2. The number of pyridine rings is 1. The quantitative estimate of drug-likeness (QED) is 0.153. The van der Waals surface area contributed by atoms with Crippen molar-refractivity contribution in [2.75, 3.05) is 90.7 Å². The Hall–Kier alpha value is -5.80. The van der Waals surface area contributed by atoms with Crippen LogP contribution in [0.4, 0.5) is 23.7 Å². The van der Waals surface area contributed by atoms with Crippen molar-refractivity contribution in [1.82, 2.24) is 40.0 Å². The van der Waals surface area contributed by atoms with Gasteiger partial charge in [-0.3, -0.25) is 34.2 Å². The Bertz CT molecular complexity index is 3070. The third kappa shape index (κ3) is 12.9. The fourth-order valence-corrected chi connectivity index (χ4v) is 14.4. The van der Waals surface area contributed by atoms with Crippen molar-refractivity contribution in [3.8, 4) is 22.4 Å². The summed E-state index contributed by atoms with van der Waals surface area (Å²) in [4.78, 5) is 71.7. The molecule has 6 aliphatic heterocycles. The number of nitrogens with zero attached hydrogens (tertiary/aromatic N) is 7. The molecule has 1 saturated carbocycles. The summed E-state index contributed by atoms with van der Waals surface area (Å²) in [5, 5.41) is 5.38. The van der Waals surface area contributed by atoms with E-state index in [1.165, 1.54) is 9.58 Å². The Morgan fingerprint density at radius 2 is 1.71 bits per heavy atom. The number of cyclic esters (lactones) is 1. The first-order valence-electron chi connectivity index (χ1n) is 30.2. The van der Waals surface area contributed by atoms with E-state index in [1.807, 2.05) is 84.0 Å². The minimum Gasteiger partial charge on any atom is -0.464 e. The lowest BCUT2D eigenvalue weighted by atomic mass is 9.84. The van der Waals surface area contributed by atoms with Crippen LogP contribution in [0.3, 0.4) is 0 Å². The highest BCUT2D eigenvalue weighted by Crippen LogP contribution is 2.46. The molecule has 2 aromatic carbocycles. The summed E-state index contributed by atoms with van der Waals surface area (Å²) in [5.41, 5.74) is 7.12. The Labute approximate surface area is 485 Å². The number of hydrazine groups is 1. The van der Waals surface area contributed by atoms with Crippen LogP contribution < -0.4 is 15.6 Å². The number of nitrogens with one attached hydrogen (secondary N) is 2. The molecule has 3 amide bonds. The lowest BCUT2D eigenvalue weighted by molar-refractivity contribution is -0.155. The van der Waals surface area contributed by atoms with Crippen molar-refractivity contribution in [2.24, 2.45) is 16.7 Å². The summed E-state index contributed by atoms with van der Waals surface area (Å²) in [6.07, 6.45) is 2.96. The van der Waals surface area contributed by atoms with Crippen molar-refractivity contribution in [3.05, 3.63) is 71.5 Å². The van der Waals surface area contributed by atoms with Crippen LogP contribution in [0.2, 0.25) is 0 Å². The molecule has 2 aromatic heterocycles. The zero-order valence-corrected chi connectivity index (χ0v) is 49.5. The number of carbonyl (C=O) groups excluding carboxylic acids is 4. The van der Waals surface area contributed by atoms with Gasteiger partial charge in [-0.1, -0.05) is 57.0 Å². The molecule has 1 spiro atoms. The summed E-state index contributed by atoms with van der Waals surface area (Å²) in [7, 11) is 1.57. The number of fused-ring (bicyclic) bond motifs is 7. The topological polar surface area (TPSA) is 163 Å². The first-order chi connectivity index (χ1) is 39.5. The highest BCUT2D eigenvalue weighted by molar-refractivity contribution is 5.96. The second-order valence-corrected chi connectivity index (χ2v) is 26.6. The van der Waals surface area contributed by atoms with Gasteiger partial charge in [-0.15, -0.1) is 0 Å². The molecule has 11 rings (SSSR count). The molecule has 4 aromatic rings. The fourth-order valence-electron chi connectivity index (χ4n) is 14.4. The predicted octanol–water partition coefficient (Wildman–Crippen LogP) is 8.70. The van der Waals surface area contributed by atoms with Crippen LogP contribution in [0, 0.1) is 16.7 Å². The average molecular weight is 1150 g/mol. The van der Waals surface area contributed by atoms with Gasteiger partial charge in [-0.25, -0.2) is 10.2 Å². The molecular formula is C63H84F3N9O8. The van der Waals surface area contributed by atoms with E-state index in [0.29, 0.717) is 105 Å². The summed E-state index contributed by atoms with van der Waals surface area (Å²) >= 11 is 0. The van der Waals surface area contributed by atoms with E-state index in [2.05, 4.69) is 25.4 Å². The zero-order valence-electron chi connectivity index (χ0n) is 49.5. The van der Waals surface area contributed by atoms with Gasteiger partial charge in [0.05, 0.1) is 61.3 Å². The molecular weight excluding hydrogens is 1070 g/mol. The number of likely N-dealkylation sites (tertiary alicyclic amines) is 2. The molecule has 5 saturated heterocycles. The Morgan fingerprint density at radius 3 is 2.48 bits per heavy atom. The smallest absolute Gasteiger partial charge is 0.410 e. The molecule has 0 radical (unpaired) electrons. The normalized spacial score (nSPS) is 25.8. The molecule has 7 aliphatic rings. The highest BCUT2D eigenvalue weighted by atomic mass is 19.4. The van der Waals surface area contributed by atoms with E-state index in [4.69, 9.17) is 23.9 Å². The number of piperazine rings is 1. The molecule has 450 valence electrons. The van der Waals surface area contributed by atoms with Crippen LogP contribution in [-0.4, -0.2) is 175 Å². The Morgan fingerprint density at radius 1 is 0.928 bits per heavy atom. The van der Waals surface area contributed by atoms with Crippen LogP contribution in [0.25, 0.3) is 33.3 Å². The summed E-state index contributed by atoms with van der Waals surface area (Å²) in [6.45, 7) is 17.1. The van der Waals surface area contributed by atoms with Gasteiger partial charge in [0.1, 0.15) is 24.2 Å². The lowest BCUT2D eigenvalue weighted by Gasteiger charge is -2.44. The molecule has 8 heterocycles. The summed E-state index contributed by atoms with van der Waals surface area (Å²) < 4.78 is 70.9. The average Bonchev–Trinajstić information content (AvgIpc) is 2.29. The van der Waals surface area contributed by atoms with Crippen LogP contribution in [-0.2, 0) is 52.7 Å². The molecule has 6 bridgehead atoms. The van der Waals surface area contributed by atoms with E-state index in [0.717, 1.165) is 74.0 Å². The highest BCUT2D eigenvalue weighted by Gasteiger charge is 2.50. The van der Waals surface area contributed by atoms with Crippen molar-refractivity contribution in [2.45, 2.75) is 154 Å². The van der Waals surface area contributed by atoms with Gasteiger partial charge in [0, 0.05) is 93.2 Å². The van der Waals surface area contributed by atoms with E-state index in [1.54, 1.807) is 24.3 Å². The predicted molar refractivity (Wildman–Crippen MR) is 309 cm³/mol. The molecule has 6 atom stereocenters. The maximum absolute atomic E-state index is 15.3. The third-order valence-corrected chi connectivity index (χ3v) is 18.6. The van der Waals surface area contributed by atoms with Gasteiger partial charge in [-0.2, -0.15) is 13.2 Å². The number of carbonyl (C=O) groups is 4.